The average Bonchev–Trinajstić information content (AvgIpc) is 2.65. The number of benzene rings is 2. The Balaban J connectivity index is 1.94. The summed E-state index contributed by atoms with van der Waals surface area (Å²) in [7, 11) is 0. The minimum Gasteiger partial charge on any atom is -0.298 e. The van der Waals surface area contributed by atoms with Crippen LogP contribution in [0.2, 0.25) is 0 Å². The first kappa shape index (κ1) is 21.0. The maximum absolute atomic E-state index is 12.2. The van der Waals surface area contributed by atoms with Crippen LogP contribution in [-0.2, 0) is 5.41 Å². The quantitative estimate of drug-likeness (QED) is 0.415. The maximum Gasteiger partial charge on any atom is 0.282 e. The second-order valence-electron chi connectivity index (χ2n) is 6.96. The van der Waals surface area contributed by atoms with Gasteiger partial charge in [-0.3, -0.25) is 35.9 Å². The van der Waals surface area contributed by atoms with Gasteiger partial charge < -0.3 is 0 Å². The second kappa shape index (κ2) is 8.57. The molecule has 0 radical (unpaired) electrons. The minimum absolute atomic E-state index is 0.0316. The number of nitro groups is 1. The van der Waals surface area contributed by atoms with Crippen molar-refractivity contribution in [3.05, 3.63) is 75.3 Å². The van der Waals surface area contributed by atoms with Gasteiger partial charge in [0.15, 0.2) is 5.11 Å². The van der Waals surface area contributed by atoms with Gasteiger partial charge in [0.2, 0.25) is 0 Å². The van der Waals surface area contributed by atoms with Crippen molar-refractivity contribution < 1.29 is 14.5 Å². The zero-order valence-electron chi connectivity index (χ0n) is 15.6. The monoisotopic (exact) mass is 400 g/mol. The van der Waals surface area contributed by atoms with E-state index in [9.17, 15) is 19.7 Å². The third-order valence-corrected chi connectivity index (χ3v) is 4.08. The fourth-order valence-electron chi connectivity index (χ4n) is 2.33. The molecule has 2 rings (SSSR count). The lowest BCUT2D eigenvalue weighted by atomic mass is 9.87. The summed E-state index contributed by atoms with van der Waals surface area (Å²) in [6.07, 6.45) is 0. The number of nitrogens with zero attached hydrogens (tertiary/aromatic N) is 1. The van der Waals surface area contributed by atoms with E-state index >= 15 is 0 Å². The number of hydrogen-bond donors (Lipinski definition) is 3. The predicted octanol–water partition coefficient (Wildman–Crippen LogP) is 2.84. The minimum atomic E-state index is -0.751. The molecule has 2 amide bonds. The highest BCUT2D eigenvalue weighted by atomic mass is 32.1. The molecule has 2 aromatic rings. The Morgan fingerprint density at radius 1 is 0.964 bits per heavy atom. The van der Waals surface area contributed by atoms with Crippen molar-refractivity contribution in [1.29, 1.82) is 0 Å². The van der Waals surface area contributed by atoms with Crippen LogP contribution in [0.1, 0.15) is 47.1 Å². The van der Waals surface area contributed by atoms with E-state index in [2.05, 4.69) is 36.9 Å². The van der Waals surface area contributed by atoms with Crippen LogP contribution in [0.15, 0.2) is 48.5 Å². The van der Waals surface area contributed by atoms with E-state index in [0.29, 0.717) is 5.56 Å². The van der Waals surface area contributed by atoms with Gasteiger partial charge in [-0.25, -0.2) is 0 Å². The number of hydrogen-bond acceptors (Lipinski definition) is 5. The van der Waals surface area contributed by atoms with Crippen LogP contribution >= 0.6 is 12.2 Å². The Morgan fingerprint density at radius 3 is 2.14 bits per heavy atom. The average molecular weight is 400 g/mol. The SMILES string of the molecule is CC(C)(C)c1ccc(C(=O)NC(=S)NNC(=O)c2ccccc2[N+](=O)[O-])cc1. The Bertz CT molecular complexity index is 920. The molecule has 0 aromatic heterocycles. The zero-order valence-corrected chi connectivity index (χ0v) is 16.4. The Kier molecular flexibility index (Phi) is 6.42. The number of carbonyl (C=O) groups excluding carboxylic acids is 2. The summed E-state index contributed by atoms with van der Waals surface area (Å²) in [6.45, 7) is 6.21. The van der Waals surface area contributed by atoms with Crippen LogP contribution in [-0.4, -0.2) is 21.9 Å². The Morgan fingerprint density at radius 2 is 1.57 bits per heavy atom. The summed E-state index contributed by atoms with van der Waals surface area (Å²) >= 11 is 4.98. The summed E-state index contributed by atoms with van der Waals surface area (Å²) in [4.78, 5) is 34.7. The van der Waals surface area contributed by atoms with Crippen molar-refractivity contribution in [3.8, 4) is 0 Å². The van der Waals surface area contributed by atoms with Gasteiger partial charge in [-0.15, -0.1) is 0 Å². The van der Waals surface area contributed by atoms with Gasteiger partial charge in [0.1, 0.15) is 5.56 Å². The van der Waals surface area contributed by atoms with E-state index in [4.69, 9.17) is 12.2 Å². The fraction of sp³-hybridized carbons (Fsp3) is 0.211. The van der Waals surface area contributed by atoms with Crippen molar-refractivity contribution in [2.45, 2.75) is 26.2 Å². The van der Waals surface area contributed by atoms with Crippen LogP contribution in [0, 0.1) is 10.1 Å². The molecule has 0 spiro atoms. The molecule has 0 atom stereocenters. The number of para-hydroxylation sites is 1. The van der Waals surface area contributed by atoms with Crippen molar-refractivity contribution >= 4 is 34.8 Å². The van der Waals surface area contributed by atoms with E-state index < -0.39 is 16.7 Å². The largest absolute Gasteiger partial charge is 0.298 e. The van der Waals surface area contributed by atoms with Gasteiger partial charge in [-0.1, -0.05) is 45.0 Å². The maximum atomic E-state index is 12.2. The van der Waals surface area contributed by atoms with Crippen LogP contribution in [0.4, 0.5) is 5.69 Å². The summed E-state index contributed by atoms with van der Waals surface area (Å²) in [5, 5.41) is 13.3. The second-order valence-corrected chi connectivity index (χ2v) is 7.37. The van der Waals surface area contributed by atoms with E-state index in [0.717, 1.165) is 5.56 Å². The highest BCUT2D eigenvalue weighted by Gasteiger charge is 2.19. The molecule has 0 saturated heterocycles. The number of hydrazine groups is 1. The number of rotatable bonds is 3. The molecule has 2 aromatic carbocycles. The van der Waals surface area contributed by atoms with Gasteiger partial charge in [-0.2, -0.15) is 0 Å². The lowest BCUT2D eigenvalue weighted by molar-refractivity contribution is -0.385. The van der Waals surface area contributed by atoms with Gasteiger partial charge in [0.25, 0.3) is 17.5 Å². The lowest BCUT2D eigenvalue weighted by Gasteiger charge is -2.19. The van der Waals surface area contributed by atoms with Gasteiger partial charge in [0.05, 0.1) is 4.92 Å². The molecular weight excluding hydrogens is 380 g/mol. The molecule has 0 aliphatic rings. The lowest BCUT2D eigenvalue weighted by Crippen LogP contribution is -2.48. The fourth-order valence-corrected chi connectivity index (χ4v) is 2.48. The molecule has 0 aliphatic heterocycles. The molecule has 0 heterocycles. The van der Waals surface area contributed by atoms with Crippen LogP contribution in [0.3, 0.4) is 0 Å². The third-order valence-electron chi connectivity index (χ3n) is 3.88. The van der Waals surface area contributed by atoms with Crippen molar-refractivity contribution in [2.24, 2.45) is 0 Å². The topological polar surface area (TPSA) is 113 Å². The van der Waals surface area contributed by atoms with E-state index in [1.165, 1.54) is 24.3 Å². The Hall–Kier alpha value is -3.33. The molecule has 0 unspecified atom stereocenters. The molecule has 9 heteroatoms. The molecule has 0 saturated carbocycles. The van der Waals surface area contributed by atoms with Crippen LogP contribution in [0.5, 0.6) is 0 Å². The molecular formula is C19H20N4O4S. The van der Waals surface area contributed by atoms with Crippen LogP contribution < -0.4 is 16.2 Å². The highest BCUT2D eigenvalue weighted by molar-refractivity contribution is 7.80. The standard InChI is InChI=1S/C19H20N4O4S/c1-19(2,3)13-10-8-12(9-11-13)16(24)20-18(28)22-21-17(25)14-6-4-5-7-15(14)23(26)27/h4-11H,1-3H3,(H,21,25)(H2,20,22,24,28). The number of thiocarbonyl (C=S) groups is 1. The first-order chi connectivity index (χ1) is 13.1. The first-order valence-corrected chi connectivity index (χ1v) is 8.76. The van der Waals surface area contributed by atoms with E-state index in [1.54, 1.807) is 12.1 Å². The van der Waals surface area contributed by atoms with E-state index in [-0.39, 0.29) is 21.8 Å². The van der Waals surface area contributed by atoms with E-state index in [1.807, 2.05) is 12.1 Å². The predicted molar refractivity (Wildman–Crippen MR) is 109 cm³/mol. The normalized spacial score (nSPS) is 10.7. The van der Waals surface area contributed by atoms with Crippen LogP contribution in [0.25, 0.3) is 0 Å². The number of carbonyl (C=O) groups is 2. The Labute approximate surface area is 167 Å². The molecule has 8 nitrogen and oxygen atoms in total. The number of amides is 2. The number of nitrogens with one attached hydrogen (secondary N) is 3. The third kappa shape index (κ3) is 5.34. The summed E-state index contributed by atoms with van der Waals surface area (Å²) in [5.41, 5.74) is 5.58. The van der Waals surface area contributed by atoms with Crippen molar-refractivity contribution in [2.75, 3.05) is 0 Å². The van der Waals surface area contributed by atoms with Gasteiger partial charge in [-0.05, 0) is 41.4 Å². The molecule has 0 aliphatic carbocycles. The molecule has 146 valence electrons. The zero-order chi connectivity index (χ0) is 20.9. The molecule has 0 fully saturated rings. The van der Waals surface area contributed by atoms with Crippen molar-refractivity contribution in [3.63, 3.8) is 0 Å². The molecule has 3 N–H and O–H groups in total. The summed E-state index contributed by atoms with van der Waals surface area (Å²) in [5.74, 6) is -1.20. The molecule has 28 heavy (non-hydrogen) atoms. The molecule has 0 bridgehead atoms. The smallest absolute Gasteiger partial charge is 0.282 e. The summed E-state index contributed by atoms with van der Waals surface area (Å²) in [6, 6.07) is 12.6. The summed E-state index contributed by atoms with van der Waals surface area (Å²) < 4.78 is 0. The highest BCUT2D eigenvalue weighted by Crippen LogP contribution is 2.22. The van der Waals surface area contributed by atoms with Gasteiger partial charge in [0, 0.05) is 11.6 Å². The van der Waals surface area contributed by atoms with Gasteiger partial charge >= 0.3 is 0 Å². The van der Waals surface area contributed by atoms with Crippen molar-refractivity contribution in [1.82, 2.24) is 16.2 Å². The first-order valence-electron chi connectivity index (χ1n) is 8.35. The number of nitro benzene ring substituents is 1.